The molecule has 0 amide bonds. The number of para-hydroxylation sites is 1. The molecule has 1 rings (SSSR count). The summed E-state index contributed by atoms with van der Waals surface area (Å²) in [7, 11) is 0. The third kappa shape index (κ3) is 2.95. The number of nitrogens with zero attached hydrogens (tertiary/aromatic N) is 1. The molecule has 0 radical (unpaired) electrons. The highest BCUT2D eigenvalue weighted by Gasteiger charge is 2.35. The van der Waals surface area contributed by atoms with E-state index < -0.39 is 29.0 Å². The molecule has 1 aromatic carbocycles. The normalized spacial score (nSPS) is 10.7. The lowest BCUT2D eigenvalue weighted by atomic mass is 10.1. The molecule has 0 unspecified atom stereocenters. The first-order chi connectivity index (χ1) is 8.41. The zero-order chi connectivity index (χ0) is 13.8. The first kappa shape index (κ1) is 13.9. The highest BCUT2D eigenvalue weighted by molar-refractivity contribution is 5.96. The van der Waals surface area contributed by atoms with E-state index in [1.54, 1.807) is 0 Å². The van der Waals surface area contributed by atoms with Crippen molar-refractivity contribution in [3.63, 3.8) is 0 Å². The number of aliphatic imine (C=N–C) groups is 1. The van der Waals surface area contributed by atoms with Crippen LogP contribution in [-0.2, 0) is 15.7 Å². The lowest BCUT2D eigenvalue weighted by Crippen LogP contribution is -2.10. The molecular weight excluding hydrogens is 251 g/mol. The lowest BCUT2D eigenvalue weighted by molar-refractivity contribution is -0.137. The van der Waals surface area contributed by atoms with Gasteiger partial charge < -0.3 is 4.74 Å². The summed E-state index contributed by atoms with van der Waals surface area (Å²) in [5, 5.41) is 0. The van der Waals surface area contributed by atoms with Crippen LogP contribution in [0.4, 0.5) is 18.9 Å². The van der Waals surface area contributed by atoms with Gasteiger partial charge in [0.1, 0.15) is 5.69 Å². The number of ether oxygens (including phenoxy) is 1. The van der Waals surface area contributed by atoms with Crippen LogP contribution in [0, 0.1) is 0 Å². The van der Waals surface area contributed by atoms with Gasteiger partial charge in [-0.2, -0.15) is 18.2 Å². The second kappa shape index (κ2) is 5.46. The van der Waals surface area contributed by atoms with E-state index in [2.05, 4.69) is 9.73 Å². The van der Waals surface area contributed by atoms with Crippen molar-refractivity contribution in [1.82, 2.24) is 0 Å². The standard InChI is InChI=1S/C11H8F3NO3/c1-2-18-10(17)7-4-3-5-8(11(12,13)14)9(7)15-6-16/h3-5H,2H2,1H3. The molecule has 0 aliphatic carbocycles. The van der Waals surface area contributed by atoms with E-state index in [1.807, 2.05) is 0 Å². The number of carbonyl (C=O) groups excluding carboxylic acids is 2. The fraction of sp³-hybridized carbons (Fsp3) is 0.273. The van der Waals surface area contributed by atoms with Gasteiger partial charge in [0.15, 0.2) is 0 Å². The number of isocyanates is 1. The third-order valence-electron chi connectivity index (χ3n) is 1.99. The van der Waals surface area contributed by atoms with Crippen molar-refractivity contribution in [1.29, 1.82) is 0 Å². The number of esters is 1. The van der Waals surface area contributed by atoms with Crippen molar-refractivity contribution in [3.8, 4) is 0 Å². The van der Waals surface area contributed by atoms with Crippen molar-refractivity contribution in [3.05, 3.63) is 29.3 Å². The average Bonchev–Trinajstić information content (AvgIpc) is 2.28. The van der Waals surface area contributed by atoms with Crippen LogP contribution in [0.15, 0.2) is 23.2 Å². The van der Waals surface area contributed by atoms with E-state index in [1.165, 1.54) is 6.92 Å². The minimum Gasteiger partial charge on any atom is -0.462 e. The van der Waals surface area contributed by atoms with E-state index in [9.17, 15) is 22.8 Å². The number of benzene rings is 1. The van der Waals surface area contributed by atoms with E-state index >= 15 is 0 Å². The second-order valence-electron chi connectivity index (χ2n) is 3.12. The number of halogens is 3. The Labute approximate surface area is 100 Å². The van der Waals surface area contributed by atoms with Gasteiger partial charge in [-0.25, -0.2) is 9.59 Å². The van der Waals surface area contributed by atoms with Crippen molar-refractivity contribution in [2.45, 2.75) is 13.1 Å². The predicted octanol–water partition coefficient (Wildman–Crippen LogP) is 2.85. The summed E-state index contributed by atoms with van der Waals surface area (Å²) in [6, 6.07) is 2.86. The summed E-state index contributed by atoms with van der Waals surface area (Å²) in [5.74, 6) is -0.974. The fourth-order valence-electron chi connectivity index (χ4n) is 1.31. The molecule has 96 valence electrons. The van der Waals surface area contributed by atoms with Crippen LogP contribution >= 0.6 is 0 Å². The molecule has 0 saturated carbocycles. The number of alkyl halides is 3. The minimum atomic E-state index is -4.72. The smallest absolute Gasteiger partial charge is 0.418 e. The summed E-state index contributed by atoms with van der Waals surface area (Å²) in [6.45, 7) is 1.51. The molecule has 0 bridgehead atoms. The molecule has 1 aromatic rings. The van der Waals surface area contributed by atoms with Crippen LogP contribution in [-0.4, -0.2) is 18.7 Å². The lowest BCUT2D eigenvalue weighted by Gasteiger charge is -2.11. The Hall–Kier alpha value is -2.14. The molecular formula is C11H8F3NO3. The first-order valence-electron chi connectivity index (χ1n) is 4.87. The molecule has 0 aliphatic heterocycles. The second-order valence-corrected chi connectivity index (χ2v) is 3.12. The van der Waals surface area contributed by atoms with Gasteiger partial charge in [-0.3, -0.25) is 0 Å². The SMILES string of the molecule is CCOC(=O)c1cccc(C(F)(F)F)c1N=C=O. The van der Waals surface area contributed by atoms with Crippen LogP contribution in [0.2, 0.25) is 0 Å². The average molecular weight is 259 g/mol. The van der Waals surface area contributed by atoms with Crippen molar-refractivity contribution in [2.75, 3.05) is 6.61 Å². The number of hydrogen-bond acceptors (Lipinski definition) is 4. The molecule has 0 atom stereocenters. The molecule has 0 fully saturated rings. The van der Waals surface area contributed by atoms with E-state index in [4.69, 9.17) is 0 Å². The zero-order valence-electron chi connectivity index (χ0n) is 9.25. The van der Waals surface area contributed by atoms with Gasteiger partial charge >= 0.3 is 12.1 Å². The van der Waals surface area contributed by atoms with Gasteiger partial charge in [0.25, 0.3) is 0 Å². The highest BCUT2D eigenvalue weighted by Crippen LogP contribution is 2.38. The highest BCUT2D eigenvalue weighted by atomic mass is 19.4. The quantitative estimate of drug-likeness (QED) is 0.476. The van der Waals surface area contributed by atoms with E-state index in [-0.39, 0.29) is 6.61 Å². The Kier molecular flexibility index (Phi) is 4.23. The van der Waals surface area contributed by atoms with Gasteiger partial charge in [-0.1, -0.05) is 6.07 Å². The van der Waals surface area contributed by atoms with Gasteiger partial charge in [-0.15, -0.1) is 0 Å². The van der Waals surface area contributed by atoms with Crippen LogP contribution in [0.3, 0.4) is 0 Å². The fourth-order valence-corrected chi connectivity index (χ4v) is 1.31. The van der Waals surface area contributed by atoms with Gasteiger partial charge in [-0.05, 0) is 19.1 Å². The number of rotatable bonds is 3. The van der Waals surface area contributed by atoms with Gasteiger partial charge in [0.2, 0.25) is 6.08 Å². The summed E-state index contributed by atoms with van der Waals surface area (Å²) < 4.78 is 42.6. The molecule has 0 N–H and O–H groups in total. The van der Waals surface area contributed by atoms with E-state index in [0.29, 0.717) is 0 Å². The molecule has 0 aromatic heterocycles. The van der Waals surface area contributed by atoms with Crippen LogP contribution in [0.5, 0.6) is 0 Å². The van der Waals surface area contributed by atoms with Gasteiger partial charge in [0, 0.05) is 0 Å². The maximum atomic E-state index is 12.7. The topological polar surface area (TPSA) is 55.7 Å². The maximum absolute atomic E-state index is 12.7. The zero-order valence-corrected chi connectivity index (χ0v) is 9.25. The van der Waals surface area contributed by atoms with Crippen LogP contribution in [0.25, 0.3) is 0 Å². The monoisotopic (exact) mass is 259 g/mol. The summed E-state index contributed by atoms with van der Waals surface area (Å²) in [4.78, 5) is 24.6. The molecule has 0 saturated heterocycles. The van der Waals surface area contributed by atoms with Crippen LogP contribution < -0.4 is 0 Å². The van der Waals surface area contributed by atoms with Gasteiger partial charge in [0.05, 0.1) is 17.7 Å². The largest absolute Gasteiger partial charge is 0.462 e. The molecule has 7 heteroatoms. The Morgan fingerprint density at radius 1 is 1.44 bits per heavy atom. The molecule has 4 nitrogen and oxygen atoms in total. The Morgan fingerprint density at radius 3 is 2.61 bits per heavy atom. The van der Waals surface area contributed by atoms with E-state index in [0.717, 1.165) is 24.3 Å². The Balaban J connectivity index is 3.44. The summed E-state index contributed by atoms with van der Waals surface area (Å²) in [5.41, 5.74) is -2.38. The number of hydrogen-bond donors (Lipinski definition) is 0. The Morgan fingerprint density at radius 2 is 2.11 bits per heavy atom. The van der Waals surface area contributed by atoms with Crippen molar-refractivity contribution in [2.24, 2.45) is 4.99 Å². The molecule has 0 aliphatic rings. The minimum absolute atomic E-state index is 0.000672. The summed E-state index contributed by atoms with van der Waals surface area (Å²) >= 11 is 0. The third-order valence-corrected chi connectivity index (χ3v) is 1.99. The summed E-state index contributed by atoms with van der Waals surface area (Å²) in [6.07, 6.45) is -3.72. The maximum Gasteiger partial charge on any atom is 0.418 e. The van der Waals surface area contributed by atoms with Crippen molar-refractivity contribution < 1.29 is 27.5 Å². The Bertz CT molecular complexity index is 505. The van der Waals surface area contributed by atoms with Crippen LogP contribution in [0.1, 0.15) is 22.8 Å². The molecule has 18 heavy (non-hydrogen) atoms. The molecule has 0 heterocycles. The number of carbonyl (C=O) groups is 1. The van der Waals surface area contributed by atoms with Crippen molar-refractivity contribution >= 4 is 17.7 Å². The first-order valence-corrected chi connectivity index (χ1v) is 4.87. The molecule has 0 spiro atoms. The predicted molar refractivity (Wildman–Crippen MR) is 55.2 cm³/mol.